The molecule has 3 nitrogen and oxygen atoms in total. The van der Waals surface area contributed by atoms with Gasteiger partial charge in [0.15, 0.2) is 0 Å². The molecule has 1 aliphatic heterocycles. The van der Waals surface area contributed by atoms with Crippen LogP contribution in [0.1, 0.15) is 25.3 Å². The van der Waals surface area contributed by atoms with Crippen molar-refractivity contribution in [2.45, 2.75) is 35.3 Å². The average Bonchev–Trinajstić information content (AvgIpc) is 2.68. The number of benzene rings is 2. The molecule has 1 unspecified atom stereocenters. The Morgan fingerprint density at radius 1 is 1.26 bits per heavy atom. The maximum absolute atomic E-state index is 13.8. The monoisotopic (exact) mass is 407 g/mol. The predicted molar refractivity (Wildman–Crippen MR) is 108 cm³/mol. The Bertz CT molecular complexity index is 778. The van der Waals surface area contributed by atoms with Crippen LogP contribution in [0, 0.1) is 5.82 Å². The van der Waals surface area contributed by atoms with E-state index in [2.05, 4.69) is 5.32 Å². The van der Waals surface area contributed by atoms with Crippen molar-refractivity contribution in [3.05, 3.63) is 64.9 Å². The first kappa shape index (κ1) is 20.2. The Morgan fingerprint density at radius 2 is 1.96 bits per heavy atom. The van der Waals surface area contributed by atoms with Crippen LogP contribution in [-0.2, 0) is 14.9 Å². The van der Waals surface area contributed by atoms with Crippen LogP contribution in [0.2, 0.25) is 5.02 Å². The van der Waals surface area contributed by atoms with Crippen LogP contribution in [0.3, 0.4) is 0 Å². The van der Waals surface area contributed by atoms with Crippen LogP contribution in [0.25, 0.3) is 0 Å². The highest BCUT2D eigenvalue weighted by atomic mass is 35.5. The van der Waals surface area contributed by atoms with Gasteiger partial charge in [0, 0.05) is 35.1 Å². The quantitative estimate of drug-likeness (QED) is 0.697. The second kappa shape index (κ2) is 9.09. The second-order valence-corrected chi connectivity index (χ2v) is 8.69. The van der Waals surface area contributed by atoms with E-state index in [1.54, 1.807) is 12.1 Å². The zero-order valence-electron chi connectivity index (χ0n) is 15.2. The van der Waals surface area contributed by atoms with Gasteiger partial charge in [-0.05, 0) is 61.7 Å². The van der Waals surface area contributed by atoms with Crippen LogP contribution in [0.15, 0.2) is 53.4 Å². The highest BCUT2D eigenvalue weighted by Gasteiger charge is 2.35. The van der Waals surface area contributed by atoms with E-state index < -0.39 is 0 Å². The summed E-state index contributed by atoms with van der Waals surface area (Å²) < 4.78 is 19.3. The fourth-order valence-electron chi connectivity index (χ4n) is 3.32. The van der Waals surface area contributed by atoms with Crippen LogP contribution < -0.4 is 5.32 Å². The summed E-state index contributed by atoms with van der Waals surface area (Å²) in [6.07, 6.45) is 1.52. The topological polar surface area (TPSA) is 38.3 Å². The SMILES string of the molecule is CC(Sc1ccc(Cl)cc1)C(=O)NCC1(c2cccc(F)c2)CCOCC1. The number of rotatable bonds is 6. The first-order valence-electron chi connectivity index (χ1n) is 9.02. The van der Waals surface area contributed by atoms with Gasteiger partial charge < -0.3 is 10.1 Å². The summed E-state index contributed by atoms with van der Waals surface area (Å²) >= 11 is 7.39. The van der Waals surface area contributed by atoms with Crippen molar-refractivity contribution in [1.82, 2.24) is 5.32 Å². The molecule has 0 spiro atoms. The summed E-state index contributed by atoms with van der Waals surface area (Å²) in [6.45, 7) is 3.58. The van der Waals surface area contributed by atoms with Crippen molar-refractivity contribution < 1.29 is 13.9 Å². The van der Waals surface area contributed by atoms with Crippen LogP contribution in [0.4, 0.5) is 4.39 Å². The summed E-state index contributed by atoms with van der Waals surface area (Å²) in [7, 11) is 0. The van der Waals surface area contributed by atoms with Gasteiger partial charge in [0.05, 0.1) is 5.25 Å². The van der Waals surface area contributed by atoms with Gasteiger partial charge in [-0.2, -0.15) is 0 Å². The van der Waals surface area contributed by atoms with E-state index >= 15 is 0 Å². The molecule has 1 N–H and O–H groups in total. The molecule has 2 aromatic carbocycles. The molecule has 1 saturated heterocycles. The van der Waals surface area contributed by atoms with E-state index in [-0.39, 0.29) is 22.4 Å². The molecule has 0 radical (unpaired) electrons. The maximum Gasteiger partial charge on any atom is 0.233 e. The highest BCUT2D eigenvalue weighted by Crippen LogP contribution is 2.35. The van der Waals surface area contributed by atoms with Crippen LogP contribution in [-0.4, -0.2) is 30.9 Å². The number of nitrogens with one attached hydrogen (secondary N) is 1. The summed E-state index contributed by atoms with van der Waals surface area (Å²) in [5, 5.41) is 3.51. The molecule has 3 rings (SSSR count). The van der Waals surface area contributed by atoms with Crippen molar-refractivity contribution >= 4 is 29.3 Å². The van der Waals surface area contributed by atoms with E-state index in [9.17, 15) is 9.18 Å². The zero-order chi connectivity index (χ0) is 19.3. The van der Waals surface area contributed by atoms with Crippen molar-refractivity contribution in [3.8, 4) is 0 Å². The van der Waals surface area contributed by atoms with E-state index in [1.165, 1.54) is 17.8 Å². The molecule has 6 heteroatoms. The predicted octanol–water partition coefficient (Wildman–Crippen LogP) is 4.82. The molecule has 0 bridgehead atoms. The smallest absolute Gasteiger partial charge is 0.233 e. The number of amides is 1. The number of hydrogen-bond acceptors (Lipinski definition) is 3. The molecule has 0 aliphatic carbocycles. The minimum Gasteiger partial charge on any atom is -0.381 e. The number of carbonyl (C=O) groups is 1. The largest absolute Gasteiger partial charge is 0.381 e. The van der Waals surface area contributed by atoms with Gasteiger partial charge in [0.25, 0.3) is 0 Å². The molecule has 1 fully saturated rings. The first-order valence-corrected chi connectivity index (χ1v) is 10.3. The number of thioether (sulfide) groups is 1. The molecule has 1 heterocycles. The number of halogens is 2. The van der Waals surface area contributed by atoms with Gasteiger partial charge in [0.2, 0.25) is 5.91 Å². The summed E-state index contributed by atoms with van der Waals surface area (Å²) in [6, 6.07) is 14.1. The van der Waals surface area contributed by atoms with Crippen molar-refractivity contribution in [2.75, 3.05) is 19.8 Å². The second-order valence-electron chi connectivity index (χ2n) is 6.83. The Balaban J connectivity index is 1.66. The molecular formula is C21H23ClFNO2S. The molecular weight excluding hydrogens is 385 g/mol. The van der Waals surface area contributed by atoms with Gasteiger partial charge in [-0.25, -0.2) is 4.39 Å². The fraction of sp³-hybridized carbons (Fsp3) is 0.381. The summed E-state index contributed by atoms with van der Waals surface area (Å²) in [5.74, 6) is -0.284. The van der Waals surface area contributed by atoms with E-state index in [4.69, 9.17) is 16.3 Å². The minimum atomic E-state index is -0.291. The van der Waals surface area contributed by atoms with Gasteiger partial charge in [-0.15, -0.1) is 11.8 Å². The lowest BCUT2D eigenvalue weighted by Crippen LogP contribution is -2.46. The number of hydrogen-bond donors (Lipinski definition) is 1. The summed E-state index contributed by atoms with van der Waals surface area (Å²) in [5.41, 5.74) is 0.629. The van der Waals surface area contributed by atoms with Crippen molar-refractivity contribution in [1.29, 1.82) is 0 Å². The average molecular weight is 408 g/mol. The lowest BCUT2D eigenvalue weighted by molar-refractivity contribution is -0.120. The molecule has 1 aliphatic rings. The Kier molecular flexibility index (Phi) is 6.79. The Morgan fingerprint density at radius 3 is 2.63 bits per heavy atom. The maximum atomic E-state index is 13.8. The van der Waals surface area contributed by atoms with Gasteiger partial charge in [-0.1, -0.05) is 23.7 Å². The molecule has 0 aromatic heterocycles. The van der Waals surface area contributed by atoms with Crippen molar-refractivity contribution in [3.63, 3.8) is 0 Å². The number of ether oxygens (including phenoxy) is 1. The Labute approximate surface area is 168 Å². The molecule has 144 valence electrons. The van der Waals surface area contributed by atoms with E-state index in [1.807, 2.05) is 37.3 Å². The first-order chi connectivity index (χ1) is 13.0. The van der Waals surface area contributed by atoms with Crippen molar-refractivity contribution in [2.24, 2.45) is 0 Å². The Hall–Kier alpha value is -1.56. The molecule has 0 saturated carbocycles. The molecule has 1 amide bonds. The molecule has 2 aromatic rings. The van der Waals surface area contributed by atoms with E-state index in [0.717, 1.165) is 23.3 Å². The third-order valence-corrected chi connectivity index (χ3v) is 6.35. The van der Waals surface area contributed by atoms with Gasteiger partial charge in [0.1, 0.15) is 5.82 Å². The van der Waals surface area contributed by atoms with E-state index in [0.29, 0.717) is 24.8 Å². The lowest BCUT2D eigenvalue weighted by Gasteiger charge is -2.38. The van der Waals surface area contributed by atoms with Gasteiger partial charge in [-0.3, -0.25) is 4.79 Å². The lowest BCUT2D eigenvalue weighted by atomic mass is 9.74. The third kappa shape index (κ3) is 5.24. The zero-order valence-corrected chi connectivity index (χ0v) is 16.8. The highest BCUT2D eigenvalue weighted by molar-refractivity contribution is 8.00. The molecule has 1 atom stereocenters. The van der Waals surface area contributed by atoms with Gasteiger partial charge >= 0.3 is 0 Å². The third-order valence-electron chi connectivity index (χ3n) is 4.98. The van der Waals surface area contributed by atoms with Crippen LogP contribution in [0.5, 0.6) is 0 Å². The normalized spacial score (nSPS) is 17.3. The minimum absolute atomic E-state index is 0.0304. The number of carbonyl (C=O) groups excluding carboxylic acids is 1. The molecule has 27 heavy (non-hydrogen) atoms. The standard InChI is InChI=1S/C21H23ClFNO2S/c1-15(27-19-7-5-17(22)6-8-19)20(25)24-14-21(9-11-26-12-10-21)16-3-2-4-18(23)13-16/h2-8,13,15H,9-12,14H2,1H3,(H,24,25). The fourth-order valence-corrected chi connectivity index (χ4v) is 4.34. The summed E-state index contributed by atoms with van der Waals surface area (Å²) in [4.78, 5) is 13.6. The van der Waals surface area contributed by atoms with Crippen LogP contribution >= 0.6 is 23.4 Å².